The van der Waals surface area contributed by atoms with E-state index >= 15 is 0 Å². The molecule has 2 rings (SSSR count). The maximum atomic E-state index is 11.8. The Balaban J connectivity index is 1.87. The third kappa shape index (κ3) is 4.29. The van der Waals surface area contributed by atoms with E-state index in [-0.39, 0.29) is 6.03 Å². The number of amides is 2. The average molecular weight is 306 g/mol. The molecule has 0 aromatic heterocycles. The lowest BCUT2D eigenvalue weighted by molar-refractivity contribution is 0.251. The van der Waals surface area contributed by atoms with Gasteiger partial charge in [0.15, 0.2) is 0 Å². The summed E-state index contributed by atoms with van der Waals surface area (Å²) in [6, 6.07) is 12.1. The summed E-state index contributed by atoms with van der Waals surface area (Å²) in [7, 11) is 1.61. The van der Waals surface area contributed by atoms with E-state index in [1.165, 1.54) is 0 Å². The highest BCUT2D eigenvalue weighted by atomic mass is 35.5. The van der Waals surface area contributed by atoms with Crippen molar-refractivity contribution >= 4 is 29.0 Å². The highest BCUT2D eigenvalue weighted by Gasteiger charge is 2.04. The molecule has 2 aromatic rings. The van der Waals surface area contributed by atoms with Crippen molar-refractivity contribution in [1.29, 1.82) is 0 Å². The number of nitrogen functional groups attached to an aromatic ring is 1. The highest BCUT2D eigenvalue weighted by molar-refractivity contribution is 6.33. The van der Waals surface area contributed by atoms with Gasteiger partial charge in [-0.15, -0.1) is 0 Å². The summed E-state index contributed by atoms with van der Waals surface area (Å²) in [4.78, 5) is 11.8. The van der Waals surface area contributed by atoms with Gasteiger partial charge in [0.2, 0.25) is 0 Å². The normalized spacial score (nSPS) is 10.0. The van der Waals surface area contributed by atoms with Crippen LogP contribution in [-0.4, -0.2) is 13.1 Å². The van der Waals surface area contributed by atoms with Crippen LogP contribution in [0.15, 0.2) is 42.5 Å². The molecule has 0 saturated carbocycles. The number of urea groups is 1. The first-order valence-corrected chi connectivity index (χ1v) is 6.69. The average Bonchev–Trinajstić information content (AvgIpc) is 2.49. The van der Waals surface area contributed by atoms with Gasteiger partial charge in [-0.3, -0.25) is 0 Å². The van der Waals surface area contributed by atoms with E-state index < -0.39 is 0 Å². The first-order valence-electron chi connectivity index (χ1n) is 6.31. The minimum absolute atomic E-state index is 0.313. The van der Waals surface area contributed by atoms with E-state index in [1.54, 1.807) is 25.3 Å². The third-order valence-electron chi connectivity index (χ3n) is 2.87. The number of hydrogen-bond donors (Lipinski definition) is 3. The summed E-state index contributed by atoms with van der Waals surface area (Å²) >= 11 is 5.89. The van der Waals surface area contributed by atoms with Crippen LogP contribution in [-0.2, 0) is 6.54 Å². The summed E-state index contributed by atoms with van der Waals surface area (Å²) in [5.74, 6) is 0.778. The fourth-order valence-electron chi connectivity index (χ4n) is 1.71. The second kappa shape index (κ2) is 6.85. The summed E-state index contributed by atoms with van der Waals surface area (Å²) < 4.78 is 5.07. The highest BCUT2D eigenvalue weighted by Crippen LogP contribution is 2.22. The van der Waals surface area contributed by atoms with E-state index in [4.69, 9.17) is 22.1 Å². The zero-order valence-corrected chi connectivity index (χ0v) is 12.3. The molecule has 0 saturated heterocycles. The quantitative estimate of drug-likeness (QED) is 0.759. The fourth-order valence-corrected chi connectivity index (χ4v) is 1.89. The monoisotopic (exact) mass is 305 g/mol. The molecule has 0 radical (unpaired) electrons. The molecule has 0 atom stereocenters. The molecular weight excluding hydrogens is 290 g/mol. The SMILES string of the molecule is COc1ccc(CNC(=O)Nc2ccc(N)c(Cl)c2)cc1. The van der Waals surface area contributed by atoms with Gasteiger partial charge in [0.25, 0.3) is 0 Å². The van der Waals surface area contributed by atoms with Crippen molar-refractivity contribution in [1.82, 2.24) is 5.32 Å². The Hall–Kier alpha value is -2.40. The molecule has 4 N–H and O–H groups in total. The molecule has 0 aliphatic rings. The van der Waals surface area contributed by atoms with Crippen LogP contribution in [0.25, 0.3) is 0 Å². The molecular formula is C15H16ClN3O2. The number of benzene rings is 2. The maximum absolute atomic E-state index is 11.8. The van der Waals surface area contributed by atoms with Crippen LogP contribution >= 0.6 is 11.6 Å². The smallest absolute Gasteiger partial charge is 0.319 e. The van der Waals surface area contributed by atoms with E-state index in [2.05, 4.69) is 10.6 Å². The maximum Gasteiger partial charge on any atom is 0.319 e. The fraction of sp³-hybridized carbons (Fsp3) is 0.133. The topological polar surface area (TPSA) is 76.4 Å². The summed E-state index contributed by atoms with van der Waals surface area (Å²) in [6.07, 6.45) is 0. The van der Waals surface area contributed by atoms with Crippen LogP contribution in [0.5, 0.6) is 5.75 Å². The Bertz CT molecular complexity index is 629. The molecule has 110 valence electrons. The molecule has 0 fully saturated rings. The minimum atomic E-state index is -0.313. The Labute approximate surface area is 128 Å². The predicted octanol–water partition coefficient (Wildman–Crippen LogP) is 3.25. The van der Waals surface area contributed by atoms with Crippen LogP contribution in [0.2, 0.25) is 5.02 Å². The molecule has 2 aromatic carbocycles. The Morgan fingerprint density at radius 3 is 2.57 bits per heavy atom. The number of methoxy groups -OCH3 is 1. The minimum Gasteiger partial charge on any atom is -0.497 e. The Morgan fingerprint density at radius 2 is 1.95 bits per heavy atom. The second-order valence-corrected chi connectivity index (χ2v) is 4.80. The predicted molar refractivity (Wildman–Crippen MR) is 84.7 cm³/mol. The van der Waals surface area contributed by atoms with E-state index in [9.17, 15) is 4.79 Å². The van der Waals surface area contributed by atoms with Gasteiger partial charge in [0.1, 0.15) is 5.75 Å². The van der Waals surface area contributed by atoms with Gasteiger partial charge in [-0.2, -0.15) is 0 Å². The van der Waals surface area contributed by atoms with Crippen molar-refractivity contribution < 1.29 is 9.53 Å². The molecule has 0 bridgehead atoms. The molecule has 0 unspecified atom stereocenters. The lowest BCUT2D eigenvalue weighted by Crippen LogP contribution is -2.28. The number of hydrogen-bond acceptors (Lipinski definition) is 3. The molecule has 0 aliphatic carbocycles. The molecule has 21 heavy (non-hydrogen) atoms. The number of ether oxygens (including phenoxy) is 1. The number of nitrogens with two attached hydrogens (primary N) is 1. The van der Waals surface area contributed by atoms with Gasteiger partial charge in [-0.05, 0) is 35.9 Å². The number of anilines is 2. The van der Waals surface area contributed by atoms with Crippen LogP contribution < -0.4 is 21.1 Å². The van der Waals surface area contributed by atoms with Gasteiger partial charge in [-0.1, -0.05) is 23.7 Å². The first-order chi connectivity index (χ1) is 10.1. The van der Waals surface area contributed by atoms with E-state index in [0.717, 1.165) is 11.3 Å². The number of carbonyl (C=O) groups is 1. The summed E-state index contributed by atoms with van der Waals surface area (Å²) in [5, 5.41) is 5.85. The van der Waals surface area contributed by atoms with Crippen LogP contribution in [0.4, 0.5) is 16.2 Å². The van der Waals surface area contributed by atoms with Gasteiger partial charge in [0.05, 0.1) is 17.8 Å². The van der Waals surface area contributed by atoms with Crippen molar-refractivity contribution in [2.45, 2.75) is 6.54 Å². The zero-order valence-electron chi connectivity index (χ0n) is 11.5. The molecule has 0 heterocycles. The Kier molecular flexibility index (Phi) is 4.90. The summed E-state index contributed by atoms with van der Waals surface area (Å²) in [6.45, 7) is 0.415. The largest absolute Gasteiger partial charge is 0.497 e. The number of nitrogens with one attached hydrogen (secondary N) is 2. The first kappa shape index (κ1) is 15.0. The molecule has 0 spiro atoms. The second-order valence-electron chi connectivity index (χ2n) is 4.39. The van der Waals surface area contributed by atoms with Gasteiger partial charge in [0, 0.05) is 12.2 Å². The Morgan fingerprint density at radius 1 is 1.24 bits per heavy atom. The van der Waals surface area contributed by atoms with Gasteiger partial charge < -0.3 is 21.1 Å². The lowest BCUT2D eigenvalue weighted by atomic mass is 10.2. The van der Waals surface area contributed by atoms with E-state index in [1.807, 2.05) is 24.3 Å². The molecule has 2 amide bonds. The van der Waals surface area contributed by atoms with E-state index in [0.29, 0.717) is 22.9 Å². The van der Waals surface area contributed by atoms with Crippen LogP contribution in [0.3, 0.4) is 0 Å². The summed E-state index contributed by atoms with van der Waals surface area (Å²) in [5.41, 5.74) is 7.64. The number of rotatable bonds is 4. The zero-order chi connectivity index (χ0) is 15.2. The van der Waals surface area contributed by atoms with Crippen molar-refractivity contribution in [3.8, 4) is 5.75 Å². The number of halogens is 1. The third-order valence-corrected chi connectivity index (χ3v) is 3.20. The van der Waals surface area contributed by atoms with Crippen molar-refractivity contribution in [3.05, 3.63) is 53.1 Å². The van der Waals surface area contributed by atoms with Gasteiger partial charge in [-0.25, -0.2) is 4.79 Å². The van der Waals surface area contributed by atoms with Crippen LogP contribution in [0.1, 0.15) is 5.56 Å². The van der Waals surface area contributed by atoms with Crippen molar-refractivity contribution in [2.24, 2.45) is 0 Å². The van der Waals surface area contributed by atoms with Crippen LogP contribution in [0, 0.1) is 0 Å². The van der Waals surface area contributed by atoms with Gasteiger partial charge >= 0.3 is 6.03 Å². The lowest BCUT2D eigenvalue weighted by Gasteiger charge is -2.09. The molecule has 0 aliphatic heterocycles. The van der Waals surface area contributed by atoms with Crippen molar-refractivity contribution in [3.63, 3.8) is 0 Å². The molecule has 6 heteroatoms. The molecule has 5 nitrogen and oxygen atoms in total. The number of carbonyl (C=O) groups excluding carboxylic acids is 1. The van der Waals surface area contributed by atoms with Crippen molar-refractivity contribution in [2.75, 3.05) is 18.2 Å². The standard InChI is InChI=1S/C15H16ClN3O2/c1-21-12-5-2-10(3-6-12)9-18-15(20)19-11-4-7-14(17)13(16)8-11/h2-8H,9,17H2,1H3,(H2,18,19,20).